The zero-order valence-electron chi connectivity index (χ0n) is 10.8. The first-order valence-electron chi connectivity index (χ1n) is 5.74. The fourth-order valence-electron chi connectivity index (χ4n) is 1.69. The lowest BCUT2D eigenvalue weighted by atomic mass is 10.2. The average Bonchev–Trinajstić information content (AvgIpc) is 2.37. The summed E-state index contributed by atoms with van der Waals surface area (Å²) in [6, 6.07) is 6.83. The fourth-order valence-corrected chi connectivity index (χ4v) is 4.10. The van der Waals surface area contributed by atoms with Crippen molar-refractivity contribution in [2.45, 2.75) is 11.8 Å². The maximum atomic E-state index is 13.3. The molecule has 2 aromatic carbocycles. The van der Waals surface area contributed by atoms with Crippen molar-refractivity contribution in [1.82, 2.24) is 0 Å². The maximum Gasteiger partial charge on any atom is 0.263 e. The summed E-state index contributed by atoms with van der Waals surface area (Å²) >= 11 is 8.85. The Kier molecular flexibility index (Phi) is 4.46. The predicted octanol–water partition coefficient (Wildman–Crippen LogP) is 3.93. The van der Waals surface area contributed by atoms with Gasteiger partial charge in [0.15, 0.2) is 0 Å². The van der Waals surface area contributed by atoms with Gasteiger partial charge < -0.3 is 5.73 Å². The molecule has 0 aliphatic rings. The minimum atomic E-state index is -3.91. The van der Waals surface area contributed by atoms with Crippen LogP contribution in [-0.2, 0) is 10.0 Å². The van der Waals surface area contributed by atoms with Crippen LogP contribution in [0.25, 0.3) is 0 Å². The second-order valence-corrected chi connectivity index (χ2v) is 7.31. The van der Waals surface area contributed by atoms with Gasteiger partial charge in [-0.15, -0.1) is 0 Å². The predicted molar refractivity (Wildman–Crippen MR) is 85.5 cm³/mol. The molecule has 0 aliphatic carbocycles. The largest absolute Gasteiger partial charge is 0.396 e. The van der Waals surface area contributed by atoms with E-state index in [1.54, 1.807) is 25.1 Å². The number of nitrogen functional groups attached to an aromatic ring is 1. The van der Waals surface area contributed by atoms with Gasteiger partial charge in [0.05, 0.1) is 11.4 Å². The number of hydrogen-bond acceptors (Lipinski definition) is 3. The first-order chi connectivity index (χ1) is 9.70. The lowest BCUT2D eigenvalue weighted by Crippen LogP contribution is -2.15. The Hall–Kier alpha value is -1.31. The molecule has 112 valence electrons. The van der Waals surface area contributed by atoms with Crippen LogP contribution < -0.4 is 10.5 Å². The molecule has 8 heteroatoms. The molecule has 0 spiro atoms. The van der Waals surface area contributed by atoms with E-state index < -0.39 is 15.8 Å². The molecule has 4 nitrogen and oxygen atoms in total. The van der Waals surface area contributed by atoms with E-state index in [1.807, 2.05) is 0 Å². The van der Waals surface area contributed by atoms with Gasteiger partial charge in [-0.3, -0.25) is 4.72 Å². The lowest BCUT2D eigenvalue weighted by molar-refractivity contribution is 0.599. The number of anilines is 2. The minimum Gasteiger partial charge on any atom is -0.396 e. The zero-order valence-corrected chi connectivity index (χ0v) is 14.0. The molecule has 0 heterocycles. The molecule has 2 aromatic rings. The second-order valence-electron chi connectivity index (χ2n) is 4.37. The van der Waals surface area contributed by atoms with E-state index in [-0.39, 0.29) is 15.1 Å². The van der Waals surface area contributed by atoms with Gasteiger partial charge in [-0.2, -0.15) is 0 Å². The average molecular weight is 394 g/mol. The molecule has 0 unspecified atom stereocenters. The van der Waals surface area contributed by atoms with Crippen molar-refractivity contribution in [3.05, 3.63) is 51.2 Å². The number of rotatable bonds is 3. The highest BCUT2D eigenvalue weighted by Crippen LogP contribution is 2.29. The van der Waals surface area contributed by atoms with Crippen LogP contribution in [0.15, 0.2) is 39.7 Å². The van der Waals surface area contributed by atoms with Crippen LogP contribution in [0.2, 0.25) is 5.02 Å². The van der Waals surface area contributed by atoms with Crippen molar-refractivity contribution in [3.63, 3.8) is 0 Å². The summed E-state index contributed by atoms with van der Waals surface area (Å²) in [7, 11) is -3.91. The van der Waals surface area contributed by atoms with E-state index in [0.717, 1.165) is 12.1 Å². The van der Waals surface area contributed by atoms with E-state index in [4.69, 9.17) is 17.3 Å². The van der Waals surface area contributed by atoms with Crippen LogP contribution in [0, 0.1) is 12.7 Å². The SMILES string of the molecule is Cc1cc(Cl)ccc1NS(=O)(=O)c1cc(N)c(F)cc1Br. The van der Waals surface area contributed by atoms with Gasteiger partial charge in [-0.25, -0.2) is 12.8 Å². The molecule has 0 bridgehead atoms. The van der Waals surface area contributed by atoms with Gasteiger partial charge in [0, 0.05) is 9.50 Å². The van der Waals surface area contributed by atoms with Crippen LogP contribution in [0.4, 0.5) is 15.8 Å². The van der Waals surface area contributed by atoms with Crippen molar-refractivity contribution in [3.8, 4) is 0 Å². The van der Waals surface area contributed by atoms with E-state index in [9.17, 15) is 12.8 Å². The Bertz CT molecular complexity index is 812. The first-order valence-corrected chi connectivity index (χ1v) is 8.39. The molecule has 0 fully saturated rings. The number of aryl methyl sites for hydroxylation is 1. The minimum absolute atomic E-state index is 0.0910. The number of nitrogens with two attached hydrogens (primary N) is 1. The van der Waals surface area contributed by atoms with Crippen molar-refractivity contribution in [1.29, 1.82) is 0 Å². The third-order valence-corrected chi connectivity index (χ3v) is 5.33. The number of sulfonamides is 1. The summed E-state index contributed by atoms with van der Waals surface area (Å²) in [6.45, 7) is 1.72. The number of nitrogens with one attached hydrogen (secondary N) is 1. The summed E-state index contributed by atoms with van der Waals surface area (Å²) in [5, 5.41) is 0.502. The Morgan fingerprint density at radius 1 is 1.29 bits per heavy atom. The Labute approximate surface area is 135 Å². The van der Waals surface area contributed by atoms with Crippen molar-refractivity contribution in [2.24, 2.45) is 0 Å². The molecule has 21 heavy (non-hydrogen) atoms. The van der Waals surface area contributed by atoms with Crippen molar-refractivity contribution in [2.75, 3.05) is 10.5 Å². The quantitative estimate of drug-likeness (QED) is 0.776. The number of hydrogen-bond donors (Lipinski definition) is 2. The standard InChI is InChI=1S/C13H11BrClFN2O2S/c1-7-4-8(15)2-3-12(7)18-21(19,20)13-6-11(17)10(16)5-9(13)14/h2-6,18H,17H2,1H3. The normalized spacial score (nSPS) is 11.4. The first kappa shape index (κ1) is 16.1. The summed E-state index contributed by atoms with van der Waals surface area (Å²) in [5.41, 5.74) is 6.23. The Morgan fingerprint density at radius 3 is 2.57 bits per heavy atom. The summed E-state index contributed by atoms with van der Waals surface area (Å²) < 4.78 is 40.6. The Balaban J connectivity index is 2.46. The monoisotopic (exact) mass is 392 g/mol. The summed E-state index contributed by atoms with van der Waals surface area (Å²) in [5.74, 6) is -0.691. The fraction of sp³-hybridized carbons (Fsp3) is 0.0769. The van der Waals surface area contributed by atoms with Crippen LogP contribution in [0.5, 0.6) is 0 Å². The van der Waals surface area contributed by atoms with Gasteiger partial charge in [-0.1, -0.05) is 11.6 Å². The highest BCUT2D eigenvalue weighted by atomic mass is 79.9. The highest BCUT2D eigenvalue weighted by molar-refractivity contribution is 9.10. The van der Waals surface area contributed by atoms with Gasteiger partial charge in [0.25, 0.3) is 10.0 Å². The van der Waals surface area contributed by atoms with Crippen LogP contribution in [0.3, 0.4) is 0 Å². The molecule has 0 amide bonds. The smallest absolute Gasteiger partial charge is 0.263 e. The van der Waals surface area contributed by atoms with Crippen molar-refractivity contribution >= 4 is 48.9 Å². The molecule has 0 aromatic heterocycles. The number of benzene rings is 2. The summed E-state index contributed by atoms with van der Waals surface area (Å²) in [6.07, 6.45) is 0. The van der Waals surface area contributed by atoms with Crippen LogP contribution in [-0.4, -0.2) is 8.42 Å². The summed E-state index contributed by atoms with van der Waals surface area (Å²) in [4.78, 5) is -0.143. The third-order valence-electron chi connectivity index (χ3n) is 2.77. The third kappa shape index (κ3) is 3.48. The highest BCUT2D eigenvalue weighted by Gasteiger charge is 2.20. The van der Waals surface area contributed by atoms with Crippen molar-refractivity contribution < 1.29 is 12.8 Å². The molecular formula is C13H11BrClFN2O2S. The van der Waals surface area contributed by atoms with Gasteiger partial charge in [0.2, 0.25) is 0 Å². The van der Waals surface area contributed by atoms with E-state index in [0.29, 0.717) is 16.3 Å². The molecule has 0 radical (unpaired) electrons. The zero-order chi connectivity index (χ0) is 15.8. The lowest BCUT2D eigenvalue weighted by Gasteiger charge is -2.12. The van der Waals surface area contributed by atoms with Gasteiger partial charge in [0.1, 0.15) is 10.7 Å². The molecule has 0 saturated heterocycles. The number of halogens is 3. The Morgan fingerprint density at radius 2 is 1.95 bits per heavy atom. The van der Waals surface area contributed by atoms with E-state index in [1.165, 1.54) is 0 Å². The topological polar surface area (TPSA) is 72.2 Å². The second kappa shape index (κ2) is 5.82. The molecule has 0 aliphatic heterocycles. The van der Waals surface area contributed by atoms with Crippen LogP contribution in [0.1, 0.15) is 5.56 Å². The van der Waals surface area contributed by atoms with Crippen LogP contribution >= 0.6 is 27.5 Å². The van der Waals surface area contributed by atoms with E-state index >= 15 is 0 Å². The maximum absolute atomic E-state index is 13.3. The molecular weight excluding hydrogens is 383 g/mol. The molecule has 0 atom stereocenters. The molecule has 0 saturated carbocycles. The van der Waals surface area contributed by atoms with Gasteiger partial charge in [-0.05, 0) is 58.7 Å². The molecule has 3 N–H and O–H groups in total. The molecule has 2 rings (SSSR count). The van der Waals surface area contributed by atoms with E-state index in [2.05, 4.69) is 20.7 Å². The van der Waals surface area contributed by atoms with Gasteiger partial charge >= 0.3 is 0 Å².